The lowest BCUT2D eigenvalue weighted by atomic mass is 10.1. The number of carbonyl (C=O) groups excluding carboxylic acids is 1. The average molecular weight is 353 g/mol. The number of nitrogens with zero attached hydrogens (tertiary/aromatic N) is 2. The third kappa shape index (κ3) is 4.76. The number of methoxy groups -OCH3 is 1. The smallest absolute Gasteiger partial charge is 0.234 e. The van der Waals surface area contributed by atoms with E-state index in [0.29, 0.717) is 13.1 Å². The van der Waals surface area contributed by atoms with Crippen LogP contribution in [0.5, 0.6) is 5.75 Å². The SMILES string of the molecule is COc1ccc(N2CCN(CC(=O)NCc3ccccc3C)CC2)cc1. The van der Waals surface area contributed by atoms with Crippen molar-refractivity contribution in [2.45, 2.75) is 13.5 Å². The lowest BCUT2D eigenvalue weighted by molar-refractivity contribution is -0.122. The van der Waals surface area contributed by atoms with Crippen LogP contribution in [0.3, 0.4) is 0 Å². The molecule has 5 nitrogen and oxygen atoms in total. The van der Waals surface area contributed by atoms with Crippen molar-refractivity contribution in [3.63, 3.8) is 0 Å². The number of piperazine rings is 1. The second-order valence-corrected chi connectivity index (χ2v) is 6.66. The second kappa shape index (κ2) is 8.72. The molecule has 0 bridgehead atoms. The largest absolute Gasteiger partial charge is 0.497 e. The molecule has 1 fully saturated rings. The Morgan fingerprint density at radius 3 is 2.38 bits per heavy atom. The fourth-order valence-corrected chi connectivity index (χ4v) is 3.22. The van der Waals surface area contributed by atoms with E-state index in [-0.39, 0.29) is 5.91 Å². The van der Waals surface area contributed by atoms with Crippen LogP contribution in [0.4, 0.5) is 5.69 Å². The molecule has 1 aliphatic heterocycles. The Bertz CT molecular complexity index is 722. The highest BCUT2D eigenvalue weighted by atomic mass is 16.5. The van der Waals surface area contributed by atoms with Gasteiger partial charge in [0.15, 0.2) is 0 Å². The highest BCUT2D eigenvalue weighted by Gasteiger charge is 2.19. The zero-order chi connectivity index (χ0) is 18.4. The first-order valence-electron chi connectivity index (χ1n) is 9.08. The molecule has 0 atom stereocenters. The Hall–Kier alpha value is -2.53. The third-order valence-electron chi connectivity index (χ3n) is 4.91. The lowest BCUT2D eigenvalue weighted by Gasteiger charge is -2.35. The van der Waals surface area contributed by atoms with E-state index in [0.717, 1.165) is 31.9 Å². The van der Waals surface area contributed by atoms with E-state index in [1.54, 1.807) is 7.11 Å². The molecule has 1 aliphatic rings. The van der Waals surface area contributed by atoms with Crippen LogP contribution in [0, 0.1) is 6.92 Å². The van der Waals surface area contributed by atoms with E-state index in [2.05, 4.69) is 46.3 Å². The highest BCUT2D eigenvalue weighted by Crippen LogP contribution is 2.20. The Kier molecular flexibility index (Phi) is 6.12. The van der Waals surface area contributed by atoms with E-state index in [9.17, 15) is 4.79 Å². The van der Waals surface area contributed by atoms with E-state index in [1.165, 1.54) is 16.8 Å². The van der Waals surface area contributed by atoms with Gasteiger partial charge in [0.1, 0.15) is 5.75 Å². The van der Waals surface area contributed by atoms with E-state index >= 15 is 0 Å². The van der Waals surface area contributed by atoms with Gasteiger partial charge in [0.05, 0.1) is 13.7 Å². The second-order valence-electron chi connectivity index (χ2n) is 6.66. The molecule has 1 saturated heterocycles. The van der Waals surface area contributed by atoms with Gasteiger partial charge in [-0.1, -0.05) is 24.3 Å². The number of amides is 1. The molecule has 138 valence electrons. The molecule has 0 aromatic heterocycles. The van der Waals surface area contributed by atoms with Gasteiger partial charge in [-0.25, -0.2) is 0 Å². The molecular formula is C21H27N3O2. The molecule has 1 N–H and O–H groups in total. The number of aryl methyl sites for hydroxylation is 1. The van der Waals surface area contributed by atoms with E-state index in [4.69, 9.17) is 4.74 Å². The Labute approximate surface area is 155 Å². The summed E-state index contributed by atoms with van der Waals surface area (Å²) >= 11 is 0. The topological polar surface area (TPSA) is 44.8 Å². The van der Waals surface area contributed by atoms with Crippen LogP contribution in [0.1, 0.15) is 11.1 Å². The molecular weight excluding hydrogens is 326 g/mol. The summed E-state index contributed by atoms with van der Waals surface area (Å²) in [6, 6.07) is 16.3. The van der Waals surface area contributed by atoms with Gasteiger partial charge in [-0.2, -0.15) is 0 Å². The fourth-order valence-electron chi connectivity index (χ4n) is 3.22. The summed E-state index contributed by atoms with van der Waals surface area (Å²) in [5, 5.41) is 3.03. The van der Waals surface area contributed by atoms with Gasteiger partial charge in [-0.15, -0.1) is 0 Å². The summed E-state index contributed by atoms with van der Waals surface area (Å²) in [6.45, 7) is 6.77. The van der Waals surface area contributed by atoms with Crippen LogP contribution in [0.15, 0.2) is 48.5 Å². The van der Waals surface area contributed by atoms with Gasteiger partial charge >= 0.3 is 0 Å². The lowest BCUT2D eigenvalue weighted by Crippen LogP contribution is -2.49. The summed E-state index contributed by atoms with van der Waals surface area (Å²) in [5.74, 6) is 0.962. The summed E-state index contributed by atoms with van der Waals surface area (Å²) in [6.07, 6.45) is 0. The standard InChI is InChI=1S/C21H27N3O2/c1-17-5-3-4-6-18(17)15-22-21(25)16-23-11-13-24(14-12-23)19-7-9-20(26-2)10-8-19/h3-10H,11-16H2,1-2H3,(H,22,25). The van der Waals surface area contributed by atoms with Crippen LogP contribution in [0.25, 0.3) is 0 Å². The normalized spacial score (nSPS) is 14.9. The van der Waals surface area contributed by atoms with Crippen molar-refractivity contribution in [1.29, 1.82) is 0 Å². The molecule has 1 heterocycles. The summed E-state index contributed by atoms with van der Waals surface area (Å²) in [7, 11) is 1.68. The van der Waals surface area contributed by atoms with Crippen molar-refractivity contribution in [2.24, 2.45) is 0 Å². The number of benzene rings is 2. The number of carbonyl (C=O) groups is 1. The van der Waals surface area contributed by atoms with Crippen LogP contribution < -0.4 is 15.0 Å². The van der Waals surface area contributed by atoms with Crippen molar-refractivity contribution >= 4 is 11.6 Å². The van der Waals surface area contributed by atoms with Crippen molar-refractivity contribution in [3.05, 3.63) is 59.7 Å². The number of hydrogen-bond donors (Lipinski definition) is 1. The molecule has 5 heteroatoms. The minimum absolute atomic E-state index is 0.0890. The summed E-state index contributed by atoms with van der Waals surface area (Å²) < 4.78 is 5.21. The molecule has 1 amide bonds. The van der Waals surface area contributed by atoms with Gasteiger partial charge in [0, 0.05) is 38.4 Å². The van der Waals surface area contributed by atoms with Crippen LogP contribution in [-0.2, 0) is 11.3 Å². The Balaban J connectivity index is 1.43. The van der Waals surface area contributed by atoms with E-state index in [1.807, 2.05) is 24.3 Å². The molecule has 26 heavy (non-hydrogen) atoms. The van der Waals surface area contributed by atoms with Crippen molar-refractivity contribution in [1.82, 2.24) is 10.2 Å². The monoisotopic (exact) mass is 353 g/mol. The molecule has 0 aliphatic carbocycles. The predicted molar refractivity (Wildman–Crippen MR) is 105 cm³/mol. The molecule has 0 saturated carbocycles. The van der Waals surface area contributed by atoms with Crippen LogP contribution in [-0.4, -0.2) is 50.6 Å². The van der Waals surface area contributed by atoms with Crippen LogP contribution in [0.2, 0.25) is 0 Å². The van der Waals surface area contributed by atoms with Crippen molar-refractivity contribution in [3.8, 4) is 5.75 Å². The van der Waals surface area contributed by atoms with Crippen LogP contribution >= 0.6 is 0 Å². The number of anilines is 1. The minimum Gasteiger partial charge on any atom is -0.497 e. The first-order valence-corrected chi connectivity index (χ1v) is 9.08. The average Bonchev–Trinajstić information content (AvgIpc) is 2.68. The summed E-state index contributed by atoms with van der Waals surface area (Å²) in [4.78, 5) is 16.8. The highest BCUT2D eigenvalue weighted by molar-refractivity contribution is 5.78. The maximum Gasteiger partial charge on any atom is 0.234 e. The maximum atomic E-state index is 12.2. The number of nitrogens with one attached hydrogen (secondary N) is 1. The van der Waals surface area contributed by atoms with Gasteiger partial charge < -0.3 is 15.0 Å². The zero-order valence-corrected chi connectivity index (χ0v) is 15.6. The third-order valence-corrected chi connectivity index (χ3v) is 4.91. The first kappa shape index (κ1) is 18.3. The molecule has 0 unspecified atom stereocenters. The fraction of sp³-hybridized carbons (Fsp3) is 0.381. The first-order chi connectivity index (χ1) is 12.7. The molecule has 2 aromatic carbocycles. The number of ether oxygens (including phenoxy) is 1. The Morgan fingerprint density at radius 1 is 1.04 bits per heavy atom. The van der Waals surface area contributed by atoms with Gasteiger partial charge in [-0.05, 0) is 42.3 Å². The number of rotatable bonds is 6. The van der Waals surface area contributed by atoms with Crippen molar-refractivity contribution in [2.75, 3.05) is 44.7 Å². The molecule has 0 spiro atoms. The molecule has 0 radical (unpaired) electrons. The van der Waals surface area contributed by atoms with Crippen molar-refractivity contribution < 1.29 is 9.53 Å². The van der Waals surface area contributed by atoms with Gasteiger partial charge in [0.2, 0.25) is 5.91 Å². The molecule has 3 rings (SSSR count). The number of hydrogen-bond acceptors (Lipinski definition) is 4. The zero-order valence-electron chi connectivity index (χ0n) is 15.6. The summed E-state index contributed by atoms with van der Waals surface area (Å²) in [5.41, 5.74) is 3.58. The molecule has 2 aromatic rings. The minimum atomic E-state index is 0.0890. The quantitative estimate of drug-likeness (QED) is 0.866. The van der Waals surface area contributed by atoms with Gasteiger partial charge in [0.25, 0.3) is 0 Å². The predicted octanol–water partition coefficient (Wildman–Crippen LogP) is 2.44. The maximum absolute atomic E-state index is 12.2. The van der Waals surface area contributed by atoms with Gasteiger partial charge in [-0.3, -0.25) is 9.69 Å². The van der Waals surface area contributed by atoms with E-state index < -0.39 is 0 Å². The Morgan fingerprint density at radius 2 is 1.73 bits per heavy atom.